The van der Waals surface area contributed by atoms with Crippen molar-refractivity contribution in [2.45, 2.75) is 88.6 Å². The SMILES string of the molecule is CN(C1CCCCCC1)C1(CN)CCCCCC1. The second kappa shape index (κ2) is 6.91. The lowest BCUT2D eigenvalue weighted by molar-refractivity contribution is 0.0551. The van der Waals surface area contributed by atoms with Gasteiger partial charge in [0.05, 0.1) is 0 Å². The molecule has 2 nitrogen and oxygen atoms in total. The zero-order chi connectivity index (χ0) is 12.8. The van der Waals surface area contributed by atoms with E-state index in [1.165, 1.54) is 77.0 Å². The normalized spacial score (nSPS) is 26.8. The van der Waals surface area contributed by atoms with Gasteiger partial charge in [0, 0.05) is 18.1 Å². The van der Waals surface area contributed by atoms with Crippen LogP contribution in [-0.4, -0.2) is 30.1 Å². The molecule has 0 radical (unpaired) electrons. The van der Waals surface area contributed by atoms with E-state index >= 15 is 0 Å². The summed E-state index contributed by atoms with van der Waals surface area (Å²) in [4.78, 5) is 2.71. The number of hydrogen-bond acceptors (Lipinski definition) is 2. The lowest BCUT2D eigenvalue weighted by Crippen LogP contribution is -2.55. The summed E-state index contributed by atoms with van der Waals surface area (Å²) >= 11 is 0. The standard InChI is InChI=1S/C16H32N2/c1-18(15-10-6-2-3-7-11-15)16(14-17)12-8-4-5-9-13-16/h15H,2-14,17H2,1H3. The molecule has 0 unspecified atom stereocenters. The van der Waals surface area contributed by atoms with Crippen molar-refractivity contribution in [3.63, 3.8) is 0 Å². The number of hydrogen-bond donors (Lipinski definition) is 1. The maximum Gasteiger partial charge on any atom is 0.0331 e. The van der Waals surface area contributed by atoms with Gasteiger partial charge in [0.25, 0.3) is 0 Å². The Hall–Kier alpha value is -0.0800. The van der Waals surface area contributed by atoms with Crippen LogP contribution in [0.5, 0.6) is 0 Å². The van der Waals surface area contributed by atoms with Crippen molar-refractivity contribution in [3.05, 3.63) is 0 Å². The summed E-state index contributed by atoms with van der Waals surface area (Å²) in [6, 6.07) is 0.800. The van der Waals surface area contributed by atoms with Crippen LogP contribution in [0.1, 0.15) is 77.0 Å². The van der Waals surface area contributed by atoms with Gasteiger partial charge in [-0.1, -0.05) is 51.4 Å². The highest BCUT2D eigenvalue weighted by atomic mass is 15.2. The van der Waals surface area contributed by atoms with Crippen molar-refractivity contribution in [2.24, 2.45) is 5.73 Å². The monoisotopic (exact) mass is 252 g/mol. The number of likely N-dealkylation sites (N-methyl/N-ethyl adjacent to an activating group) is 1. The summed E-state index contributed by atoms with van der Waals surface area (Å²) in [5.41, 5.74) is 6.54. The molecule has 0 aromatic heterocycles. The Balaban J connectivity index is 2.04. The van der Waals surface area contributed by atoms with Crippen LogP contribution < -0.4 is 5.73 Å². The van der Waals surface area contributed by atoms with Crippen molar-refractivity contribution in [2.75, 3.05) is 13.6 Å². The summed E-state index contributed by atoms with van der Waals surface area (Å²) in [6.45, 7) is 0.861. The Morgan fingerprint density at radius 3 is 1.89 bits per heavy atom. The van der Waals surface area contributed by atoms with Crippen molar-refractivity contribution < 1.29 is 0 Å². The second-order valence-corrected chi connectivity index (χ2v) is 6.60. The Kier molecular flexibility index (Phi) is 5.50. The first-order valence-corrected chi connectivity index (χ1v) is 8.21. The molecule has 0 spiro atoms. The van der Waals surface area contributed by atoms with Crippen LogP contribution in [-0.2, 0) is 0 Å². The maximum atomic E-state index is 6.21. The van der Waals surface area contributed by atoms with E-state index in [0.29, 0.717) is 5.54 Å². The summed E-state index contributed by atoms with van der Waals surface area (Å²) in [5, 5.41) is 0. The van der Waals surface area contributed by atoms with Crippen LogP contribution in [0.3, 0.4) is 0 Å². The largest absolute Gasteiger partial charge is 0.329 e. The zero-order valence-corrected chi connectivity index (χ0v) is 12.3. The fourth-order valence-corrected chi connectivity index (χ4v) is 4.12. The van der Waals surface area contributed by atoms with Gasteiger partial charge in [-0.15, -0.1) is 0 Å². The van der Waals surface area contributed by atoms with Crippen molar-refractivity contribution in [3.8, 4) is 0 Å². The second-order valence-electron chi connectivity index (χ2n) is 6.60. The first kappa shape index (κ1) is 14.3. The van der Waals surface area contributed by atoms with Crippen LogP contribution in [0, 0.1) is 0 Å². The zero-order valence-electron chi connectivity index (χ0n) is 12.3. The minimum absolute atomic E-state index is 0.325. The minimum Gasteiger partial charge on any atom is -0.329 e. The van der Waals surface area contributed by atoms with Crippen LogP contribution in [0.15, 0.2) is 0 Å². The molecule has 0 amide bonds. The molecule has 2 heteroatoms. The van der Waals surface area contributed by atoms with E-state index in [9.17, 15) is 0 Å². The Morgan fingerprint density at radius 2 is 1.39 bits per heavy atom. The molecule has 2 fully saturated rings. The van der Waals surface area contributed by atoms with Crippen molar-refractivity contribution in [1.29, 1.82) is 0 Å². The average Bonchev–Trinajstić information content (AvgIpc) is 2.81. The van der Waals surface area contributed by atoms with E-state index in [1.807, 2.05) is 0 Å². The van der Waals surface area contributed by atoms with Gasteiger partial charge in [-0.2, -0.15) is 0 Å². The molecule has 106 valence electrons. The average molecular weight is 252 g/mol. The molecule has 18 heavy (non-hydrogen) atoms. The van der Waals surface area contributed by atoms with Crippen LogP contribution >= 0.6 is 0 Å². The molecule has 0 saturated heterocycles. The van der Waals surface area contributed by atoms with Crippen LogP contribution in [0.4, 0.5) is 0 Å². The van der Waals surface area contributed by atoms with Crippen LogP contribution in [0.2, 0.25) is 0 Å². The molecular formula is C16H32N2. The van der Waals surface area contributed by atoms with Gasteiger partial charge in [-0.05, 0) is 32.7 Å². The molecule has 2 saturated carbocycles. The maximum absolute atomic E-state index is 6.21. The summed E-state index contributed by atoms with van der Waals surface area (Å²) < 4.78 is 0. The third-order valence-corrected chi connectivity index (χ3v) is 5.53. The van der Waals surface area contributed by atoms with Gasteiger partial charge in [0.15, 0.2) is 0 Å². The molecule has 2 rings (SSSR count). The van der Waals surface area contributed by atoms with E-state index in [0.717, 1.165) is 12.6 Å². The van der Waals surface area contributed by atoms with Gasteiger partial charge in [-0.25, -0.2) is 0 Å². The number of rotatable bonds is 3. The Morgan fingerprint density at radius 1 is 0.889 bits per heavy atom. The molecule has 0 heterocycles. The lowest BCUT2D eigenvalue weighted by atomic mass is 9.86. The van der Waals surface area contributed by atoms with E-state index in [1.54, 1.807) is 0 Å². The Bertz CT molecular complexity index is 223. The fourth-order valence-electron chi connectivity index (χ4n) is 4.12. The Labute approximate surface area is 113 Å². The predicted molar refractivity (Wildman–Crippen MR) is 78.7 cm³/mol. The van der Waals surface area contributed by atoms with Gasteiger partial charge < -0.3 is 5.73 Å². The highest BCUT2D eigenvalue weighted by molar-refractivity contribution is 4.94. The van der Waals surface area contributed by atoms with E-state index in [2.05, 4.69) is 11.9 Å². The molecule has 0 bridgehead atoms. The van der Waals surface area contributed by atoms with Gasteiger partial charge in [0.2, 0.25) is 0 Å². The molecular weight excluding hydrogens is 220 g/mol. The smallest absolute Gasteiger partial charge is 0.0331 e. The van der Waals surface area contributed by atoms with Crippen molar-refractivity contribution in [1.82, 2.24) is 4.90 Å². The topological polar surface area (TPSA) is 29.3 Å². The van der Waals surface area contributed by atoms with Gasteiger partial charge in [-0.3, -0.25) is 4.90 Å². The predicted octanol–water partition coefficient (Wildman–Crippen LogP) is 3.69. The molecule has 0 aromatic carbocycles. The summed E-state index contributed by atoms with van der Waals surface area (Å²) in [7, 11) is 2.37. The third kappa shape index (κ3) is 3.27. The molecule has 2 aliphatic rings. The highest BCUT2D eigenvalue weighted by Crippen LogP contribution is 2.35. The van der Waals surface area contributed by atoms with E-state index < -0.39 is 0 Å². The molecule has 0 aromatic rings. The number of nitrogens with zero attached hydrogens (tertiary/aromatic N) is 1. The first-order valence-electron chi connectivity index (χ1n) is 8.21. The molecule has 0 atom stereocenters. The molecule has 2 N–H and O–H groups in total. The summed E-state index contributed by atoms with van der Waals surface area (Å²) in [5.74, 6) is 0. The van der Waals surface area contributed by atoms with Crippen molar-refractivity contribution >= 4 is 0 Å². The fraction of sp³-hybridized carbons (Fsp3) is 1.00. The van der Waals surface area contributed by atoms with E-state index in [4.69, 9.17) is 5.73 Å². The third-order valence-electron chi connectivity index (χ3n) is 5.53. The molecule has 0 aliphatic heterocycles. The van der Waals surface area contributed by atoms with Gasteiger partial charge >= 0.3 is 0 Å². The van der Waals surface area contributed by atoms with Crippen LogP contribution in [0.25, 0.3) is 0 Å². The van der Waals surface area contributed by atoms with Gasteiger partial charge in [0.1, 0.15) is 0 Å². The quantitative estimate of drug-likeness (QED) is 0.776. The lowest BCUT2D eigenvalue weighted by Gasteiger charge is -2.45. The minimum atomic E-state index is 0.325. The number of nitrogens with two attached hydrogens (primary N) is 1. The first-order chi connectivity index (χ1) is 8.78. The van der Waals surface area contributed by atoms with E-state index in [-0.39, 0.29) is 0 Å². The molecule has 2 aliphatic carbocycles. The summed E-state index contributed by atoms with van der Waals surface area (Å²) in [6.07, 6.45) is 16.8. The highest BCUT2D eigenvalue weighted by Gasteiger charge is 2.37.